The summed E-state index contributed by atoms with van der Waals surface area (Å²) < 4.78 is 5.36. The second-order valence-corrected chi connectivity index (χ2v) is 6.14. The number of carbonyl (C=O) groups excluding carboxylic acids is 2. The fraction of sp³-hybridized carbons (Fsp3) is 0.444. The minimum absolute atomic E-state index is 0.107. The van der Waals surface area contributed by atoms with Gasteiger partial charge in [0.2, 0.25) is 0 Å². The molecule has 0 fully saturated rings. The molecule has 0 saturated heterocycles. The van der Waals surface area contributed by atoms with E-state index >= 15 is 0 Å². The maximum atomic E-state index is 12.6. The molecule has 8 nitrogen and oxygen atoms in total. The minimum Gasteiger partial charge on any atom is -0.462 e. The number of carbonyl (C=O) groups is 2. The van der Waals surface area contributed by atoms with E-state index in [1.165, 1.54) is 23.1 Å². The topological polar surface area (TPSA) is 102 Å². The van der Waals surface area contributed by atoms with Crippen molar-refractivity contribution in [1.82, 2.24) is 10.2 Å². The van der Waals surface area contributed by atoms with Gasteiger partial charge in [-0.2, -0.15) is 0 Å². The number of hydrogen-bond donors (Lipinski definition) is 1. The molecular formula is C18H23N3O5. The Bertz CT molecular complexity index is 744. The highest BCUT2D eigenvalue weighted by Gasteiger charge is 2.35. The van der Waals surface area contributed by atoms with Crippen molar-refractivity contribution in [3.63, 3.8) is 0 Å². The van der Waals surface area contributed by atoms with E-state index in [0.29, 0.717) is 17.9 Å². The van der Waals surface area contributed by atoms with Crippen molar-refractivity contribution < 1.29 is 19.2 Å². The van der Waals surface area contributed by atoms with E-state index < -0.39 is 16.9 Å². The molecule has 1 aromatic rings. The van der Waals surface area contributed by atoms with E-state index in [-0.39, 0.29) is 17.3 Å². The van der Waals surface area contributed by atoms with Gasteiger partial charge in [-0.05, 0) is 18.9 Å². The van der Waals surface area contributed by atoms with Gasteiger partial charge in [0, 0.05) is 24.9 Å². The largest absolute Gasteiger partial charge is 0.462 e. The lowest BCUT2D eigenvalue weighted by Gasteiger charge is -2.33. The third kappa shape index (κ3) is 4.19. The molecule has 0 radical (unpaired) electrons. The highest BCUT2D eigenvalue weighted by atomic mass is 16.6. The van der Waals surface area contributed by atoms with E-state index in [0.717, 1.165) is 19.3 Å². The molecule has 1 atom stereocenters. The van der Waals surface area contributed by atoms with Crippen molar-refractivity contribution in [3.8, 4) is 0 Å². The number of benzene rings is 1. The summed E-state index contributed by atoms with van der Waals surface area (Å²) in [6.45, 7) is 4.01. The molecule has 8 heteroatoms. The van der Waals surface area contributed by atoms with Crippen molar-refractivity contribution in [1.29, 1.82) is 0 Å². The zero-order valence-corrected chi connectivity index (χ0v) is 15.2. The summed E-state index contributed by atoms with van der Waals surface area (Å²) in [5.41, 5.74) is 1.10. The molecule has 0 unspecified atom stereocenters. The van der Waals surface area contributed by atoms with Gasteiger partial charge in [0.25, 0.3) is 5.69 Å². The first-order chi connectivity index (χ1) is 12.4. The zero-order valence-electron chi connectivity index (χ0n) is 15.2. The van der Waals surface area contributed by atoms with Gasteiger partial charge in [-0.25, -0.2) is 9.59 Å². The molecule has 1 aliphatic heterocycles. The minimum atomic E-state index is -0.794. The molecule has 1 aliphatic rings. The summed E-state index contributed by atoms with van der Waals surface area (Å²) in [4.78, 5) is 36.7. The number of nitro benzene ring substituents is 1. The van der Waals surface area contributed by atoms with E-state index in [2.05, 4.69) is 12.2 Å². The van der Waals surface area contributed by atoms with Crippen LogP contribution < -0.4 is 5.32 Å². The molecule has 140 valence electrons. The Kier molecular flexibility index (Phi) is 6.32. The summed E-state index contributed by atoms with van der Waals surface area (Å²) in [7, 11) is 1.55. The predicted octanol–water partition coefficient (Wildman–Crippen LogP) is 3.30. The van der Waals surface area contributed by atoms with Gasteiger partial charge in [-0.15, -0.1) is 0 Å². The summed E-state index contributed by atoms with van der Waals surface area (Å²) in [6, 6.07) is 4.70. The fourth-order valence-electron chi connectivity index (χ4n) is 2.76. The molecule has 26 heavy (non-hydrogen) atoms. The van der Waals surface area contributed by atoms with E-state index in [1.54, 1.807) is 20.0 Å². The van der Waals surface area contributed by atoms with Gasteiger partial charge < -0.3 is 15.0 Å². The van der Waals surface area contributed by atoms with Gasteiger partial charge in [0.1, 0.15) is 0 Å². The van der Waals surface area contributed by atoms with Crippen LogP contribution in [0.3, 0.4) is 0 Å². The summed E-state index contributed by atoms with van der Waals surface area (Å²) in [5, 5.41) is 13.8. The highest BCUT2D eigenvalue weighted by Crippen LogP contribution is 2.32. The average molecular weight is 361 g/mol. The van der Waals surface area contributed by atoms with Crippen LogP contribution in [0, 0.1) is 10.1 Å². The summed E-state index contributed by atoms with van der Waals surface area (Å²) in [5.74, 6) is -0.526. The lowest BCUT2D eigenvalue weighted by Crippen LogP contribution is -2.46. The summed E-state index contributed by atoms with van der Waals surface area (Å²) in [6.07, 6.45) is 2.73. The third-order valence-electron chi connectivity index (χ3n) is 4.37. The van der Waals surface area contributed by atoms with Crippen LogP contribution in [-0.2, 0) is 9.53 Å². The van der Waals surface area contributed by atoms with Crippen LogP contribution in [0.1, 0.15) is 44.7 Å². The predicted molar refractivity (Wildman–Crippen MR) is 95.3 cm³/mol. The number of rotatable bonds is 7. The SMILES string of the molecule is CCCCCOC(=O)C1=C(C)N(C)C(=O)N[C@H]1c1cccc([N+](=O)[O-])c1. The molecule has 2 rings (SSSR count). The van der Waals surface area contributed by atoms with Crippen molar-refractivity contribution in [2.75, 3.05) is 13.7 Å². The number of amides is 2. The number of hydrogen-bond acceptors (Lipinski definition) is 5. The number of allylic oxidation sites excluding steroid dienone is 1. The van der Waals surface area contributed by atoms with Crippen LogP contribution >= 0.6 is 0 Å². The number of non-ortho nitro benzene ring substituents is 1. The molecule has 1 N–H and O–H groups in total. The Hall–Kier alpha value is -2.90. The van der Waals surface area contributed by atoms with Gasteiger partial charge in [-0.1, -0.05) is 31.9 Å². The summed E-state index contributed by atoms with van der Waals surface area (Å²) >= 11 is 0. The number of esters is 1. The highest BCUT2D eigenvalue weighted by molar-refractivity contribution is 5.95. The lowest BCUT2D eigenvalue weighted by atomic mass is 9.94. The molecule has 0 spiro atoms. The Morgan fingerprint density at radius 2 is 2.12 bits per heavy atom. The second kappa shape index (κ2) is 8.46. The lowest BCUT2D eigenvalue weighted by molar-refractivity contribution is -0.384. The number of unbranched alkanes of at least 4 members (excludes halogenated alkanes) is 2. The normalized spacial score (nSPS) is 17.1. The molecule has 0 saturated carbocycles. The van der Waals surface area contributed by atoms with E-state index in [9.17, 15) is 19.7 Å². The number of ether oxygens (including phenoxy) is 1. The monoisotopic (exact) mass is 361 g/mol. The molecular weight excluding hydrogens is 338 g/mol. The van der Waals surface area contributed by atoms with Crippen LogP contribution in [0.5, 0.6) is 0 Å². The van der Waals surface area contributed by atoms with Crippen LogP contribution in [0.2, 0.25) is 0 Å². The Morgan fingerprint density at radius 1 is 1.38 bits per heavy atom. The number of nitro groups is 1. The smallest absolute Gasteiger partial charge is 0.338 e. The average Bonchev–Trinajstić information content (AvgIpc) is 2.63. The first-order valence-corrected chi connectivity index (χ1v) is 8.53. The van der Waals surface area contributed by atoms with E-state index in [4.69, 9.17) is 4.74 Å². The van der Waals surface area contributed by atoms with E-state index in [1.807, 2.05) is 0 Å². The zero-order chi connectivity index (χ0) is 19.3. The van der Waals surface area contributed by atoms with Crippen LogP contribution in [-0.4, -0.2) is 35.5 Å². The Morgan fingerprint density at radius 3 is 2.77 bits per heavy atom. The fourth-order valence-corrected chi connectivity index (χ4v) is 2.76. The third-order valence-corrected chi connectivity index (χ3v) is 4.37. The van der Waals surface area contributed by atoms with Gasteiger partial charge in [0.05, 0.1) is 23.1 Å². The number of nitrogens with zero attached hydrogens (tertiary/aromatic N) is 2. The van der Waals surface area contributed by atoms with Crippen molar-refractivity contribution in [2.45, 2.75) is 39.2 Å². The van der Waals surface area contributed by atoms with Crippen molar-refractivity contribution in [2.24, 2.45) is 0 Å². The van der Waals surface area contributed by atoms with Crippen molar-refractivity contribution >= 4 is 17.7 Å². The second-order valence-electron chi connectivity index (χ2n) is 6.14. The first-order valence-electron chi connectivity index (χ1n) is 8.53. The molecule has 1 heterocycles. The Balaban J connectivity index is 2.35. The molecule has 0 bridgehead atoms. The first kappa shape index (κ1) is 19.4. The van der Waals surface area contributed by atoms with Gasteiger partial charge in [-0.3, -0.25) is 10.1 Å². The van der Waals surface area contributed by atoms with Crippen LogP contribution in [0.4, 0.5) is 10.5 Å². The molecule has 2 amide bonds. The standard InChI is InChI=1S/C18H23N3O5/c1-4-5-6-10-26-17(22)15-12(2)20(3)18(23)19-16(15)13-8-7-9-14(11-13)21(24)25/h7-9,11,16H,4-6,10H2,1-3H3,(H,19,23)/t16-/m0/s1. The maximum Gasteiger partial charge on any atom is 0.338 e. The molecule has 0 aromatic heterocycles. The Labute approximate surface area is 152 Å². The number of nitrogens with one attached hydrogen (secondary N) is 1. The molecule has 1 aromatic carbocycles. The van der Waals surface area contributed by atoms with Crippen LogP contribution in [0.25, 0.3) is 0 Å². The van der Waals surface area contributed by atoms with Gasteiger partial charge in [0.15, 0.2) is 0 Å². The quantitative estimate of drug-likeness (QED) is 0.347. The van der Waals surface area contributed by atoms with Gasteiger partial charge >= 0.3 is 12.0 Å². The van der Waals surface area contributed by atoms with Crippen molar-refractivity contribution in [3.05, 3.63) is 51.2 Å². The number of urea groups is 1. The van der Waals surface area contributed by atoms with Crippen LogP contribution in [0.15, 0.2) is 35.5 Å². The molecule has 0 aliphatic carbocycles. The maximum absolute atomic E-state index is 12.6.